The van der Waals surface area contributed by atoms with Gasteiger partial charge in [-0.1, -0.05) is 0 Å². The molecule has 0 radical (unpaired) electrons. The van der Waals surface area contributed by atoms with E-state index in [4.69, 9.17) is 0 Å². The molecule has 0 unspecified atom stereocenters. The van der Waals surface area contributed by atoms with E-state index < -0.39 is 0 Å². The van der Waals surface area contributed by atoms with Gasteiger partial charge in [0.2, 0.25) is 0 Å². The summed E-state index contributed by atoms with van der Waals surface area (Å²) in [7, 11) is 0. The first-order valence-corrected chi connectivity index (χ1v) is 0. The number of hydrogen-bond acceptors (Lipinski definition) is 0. The first-order valence-electron chi connectivity index (χ1n) is 0. The molecule has 0 aliphatic carbocycles. The summed E-state index contributed by atoms with van der Waals surface area (Å²) in [5.74, 6) is 0. The van der Waals surface area contributed by atoms with Crippen molar-refractivity contribution in [2.75, 3.05) is 0 Å². The summed E-state index contributed by atoms with van der Waals surface area (Å²) in [5.41, 5.74) is 0. The van der Waals surface area contributed by atoms with E-state index >= 15 is 0 Å². The van der Waals surface area contributed by atoms with Gasteiger partial charge in [0.15, 0.2) is 0 Å². The van der Waals surface area contributed by atoms with Crippen LogP contribution in [0.2, 0.25) is 0 Å². The molecular weight excluding hydrogens is 259 g/mol. The van der Waals surface area contributed by atoms with Gasteiger partial charge in [0.1, 0.15) is 0 Å². The average molecular weight is 263 g/mol. The largest absolute Gasteiger partial charge is 4.00 e. The molecule has 0 aromatic rings. The van der Waals surface area contributed by atoms with Crippen LogP contribution in [0.5, 0.6) is 0 Å². The molecule has 0 aromatic heterocycles. The summed E-state index contributed by atoms with van der Waals surface area (Å²) >= 11 is 0. The Hall–Kier alpha value is 0.528. The van der Waals surface area contributed by atoms with Gasteiger partial charge in [-0.25, -0.2) is 0 Å². The van der Waals surface area contributed by atoms with Crippen LogP contribution in [0, 0.1) is 0 Å². The van der Waals surface area contributed by atoms with Crippen LogP contribution in [0.1, 0.15) is 0 Å². The molecule has 0 atom stereocenters. The maximum atomic E-state index is 0. The third-order valence-electron chi connectivity index (χ3n) is 0. The van der Waals surface area contributed by atoms with Crippen LogP contribution in [0.3, 0.4) is 0 Å². The minimum atomic E-state index is 0. The van der Waals surface area contributed by atoms with Crippen molar-refractivity contribution < 1.29 is 43.0 Å². The molecule has 0 aliphatic rings. The Kier molecular flexibility index (Phi) is 16400. The summed E-state index contributed by atoms with van der Waals surface area (Å²) in [5, 5.41) is 0. The molecule has 4 N–H and O–H groups in total. The molecule has 5 heteroatoms. The second-order valence-electron chi connectivity index (χ2n) is 0. The van der Waals surface area contributed by atoms with Gasteiger partial charge in [-0.15, -0.1) is 0 Å². The van der Waals surface area contributed by atoms with Crippen molar-refractivity contribution in [1.82, 2.24) is 0 Å². The zero-order valence-corrected chi connectivity index (χ0v) is 4.40. The van der Waals surface area contributed by atoms with Crippen LogP contribution in [-0.4, -0.2) is 11.0 Å². The van der Waals surface area contributed by atoms with Gasteiger partial charge in [0, 0.05) is 0 Å². The van der Waals surface area contributed by atoms with Gasteiger partial charge >= 0.3 is 21.1 Å². The Bertz CT molecular complexity index is 3.61. The van der Waals surface area contributed by atoms with E-state index in [9.17, 15) is 0 Å². The predicted molar refractivity (Wildman–Crippen MR) is 8.60 cm³/mol. The van der Waals surface area contributed by atoms with Gasteiger partial charge in [-0.05, 0) is 0 Å². The normalized spacial score (nSPS) is 0. The summed E-state index contributed by atoms with van der Waals surface area (Å²) in [4.78, 5) is 0. The molecule has 38 valence electrons. The SMILES string of the molecule is O.O.[O-2].[O-2].[Pt+4]. The minimum Gasteiger partial charge on any atom is -2.00 e. The molecule has 0 spiro atoms. The van der Waals surface area contributed by atoms with Crippen molar-refractivity contribution in [2.45, 2.75) is 0 Å². The van der Waals surface area contributed by atoms with Crippen LogP contribution < -0.4 is 0 Å². The molecule has 0 saturated carbocycles. The maximum absolute atomic E-state index is 0. The van der Waals surface area contributed by atoms with Gasteiger partial charge in [0.05, 0.1) is 0 Å². The van der Waals surface area contributed by atoms with E-state index in [0.717, 1.165) is 0 Å². The smallest absolute Gasteiger partial charge is 2.00 e. The van der Waals surface area contributed by atoms with E-state index in [-0.39, 0.29) is 43.0 Å². The fraction of sp³-hybridized carbons (Fsp3) is 0. The fourth-order valence-electron chi connectivity index (χ4n) is 0. The van der Waals surface area contributed by atoms with Crippen LogP contribution in [0.25, 0.3) is 0 Å². The Labute approximate surface area is 43.7 Å². The zero-order valence-electron chi connectivity index (χ0n) is 2.13. The van der Waals surface area contributed by atoms with Crippen LogP contribution >= 0.6 is 0 Å². The summed E-state index contributed by atoms with van der Waals surface area (Å²) < 4.78 is 0. The Morgan fingerprint density at radius 3 is 0.600 bits per heavy atom. The molecule has 0 aromatic carbocycles. The molecule has 0 saturated heterocycles. The van der Waals surface area contributed by atoms with E-state index in [0.29, 0.717) is 0 Å². The number of rotatable bonds is 0. The topological polar surface area (TPSA) is 120 Å². The molecule has 0 heterocycles. The molecule has 0 bridgehead atoms. The van der Waals surface area contributed by atoms with Crippen molar-refractivity contribution in [3.8, 4) is 0 Å². The van der Waals surface area contributed by atoms with E-state index in [1.54, 1.807) is 0 Å². The number of hydrogen-bond donors (Lipinski definition) is 0. The fourth-order valence-corrected chi connectivity index (χ4v) is 0. The van der Waals surface area contributed by atoms with Crippen LogP contribution in [0.4, 0.5) is 0 Å². The summed E-state index contributed by atoms with van der Waals surface area (Å²) in [6.07, 6.45) is 0. The molecule has 0 amide bonds. The van der Waals surface area contributed by atoms with Crippen molar-refractivity contribution >= 4 is 0 Å². The average Bonchev–Trinajstić information content (AvgIpc) is 0. The molecule has 0 fully saturated rings. The van der Waals surface area contributed by atoms with Gasteiger partial charge in [0.25, 0.3) is 0 Å². The van der Waals surface area contributed by atoms with Gasteiger partial charge in [-0.2, -0.15) is 0 Å². The van der Waals surface area contributed by atoms with E-state index in [1.807, 2.05) is 0 Å². The van der Waals surface area contributed by atoms with Crippen LogP contribution in [-0.2, 0) is 32.0 Å². The first-order chi connectivity index (χ1) is 0. The molecule has 0 rings (SSSR count). The first kappa shape index (κ1) is 406. The van der Waals surface area contributed by atoms with Gasteiger partial charge in [-0.3, -0.25) is 0 Å². The molecule has 5 heavy (non-hydrogen) atoms. The van der Waals surface area contributed by atoms with Gasteiger partial charge < -0.3 is 21.9 Å². The Morgan fingerprint density at radius 1 is 0.600 bits per heavy atom. The Morgan fingerprint density at radius 2 is 0.600 bits per heavy atom. The predicted octanol–water partition coefficient (Wildman–Crippen LogP) is -1.89. The second kappa shape index (κ2) is 202. The maximum Gasteiger partial charge on any atom is 4.00 e. The summed E-state index contributed by atoms with van der Waals surface area (Å²) in [6, 6.07) is 0. The Balaban J connectivity index is 0. The monoisotopic (exact) mass is 263 g/mol. The zero-order chi connectivity index (χ0) is 0. The quantitative estimate of drug-likeness (QED) is 0.485. The summed E-state index contributed by atoms with van der Waals surface area (Å²) in [6.45, 7) is 0. The minimum absolute atomic E-state index is 0. The van der Waals surface area contributed by atoms with Crippen LogP contribution in [0.15, 0.2) is 0 Å². The third-order valence-corrected chi connectivity index (χ3v) is 0. The van der Waals surface area contributed by atoms with E-state index in [1.165, 1.54) is 0 Å². The van der Waals surface area contributed by atoms with Crippen molar-refractivity contribution in [1.29, 1.82) is 0 Å². The van der Waals surface area contributed by atoms with Crippen molar-refractivity contribution in [3.63, 3.8) is 0 Å². The van der Waals surface area contributed by atoms with E-state index in [2.05, 4.69) is 0 Å². The second-order valence-corrected chi connectivity index (χ2v) is 0. The molecule has 4 nitrogen and oxygen atoms in total. The molecular formula is H4O4Pt. The third kappa shape index (κ3) is 104. The van der Waals surface area contributed by atoms with Crippen molar-refractivity contribution in [2.24, 2.45) is 0 Å². The standard InChI is InChI=1S/2H2O.2O.Pt/h2*1H2;;;/q;;2*-2;+4. The van der Waals surface area contributed by atoms with Crippen molar-refractivity contribution in [3.05, 3.63) is 0 Å². The molecule has 0 aliphatic heterocycles.